The third-order valence-electron chi connectivity index (χ3n) is 5.90. The Kier molecular flexibility index (Phi) is 3.58. The molecule has 0 aliphatic heterocycles. The van der Waals surface area contributed by atoms with Crippen LogP contribution in [-0.4, -0.2) is 28.8 Å². The molecule has 3 aliphatic rings. The molecule has 24 heavy (non-hydrogen) atoms. The van der Waals surface area contributed by atoms with Crippen LogP contribution >= 0.6 is 22.6 Å². The normalized spacial score (nSPS) is 25.9. The van der Waals surface area contributed by atoms with E-state index in [1.807, 2.05) is 6.92 Å². The number of methoxy groups -OCH3 is 1. The highest BCUT2D eigenvalue weighted by Crippen LogP contribution is 2.66. The summed E-state index contributed by atoms with van der Waals surface area (Å²) in [6.45, 7) is 2.17. The zero-order valence-corrected chi connectivity index (χ0v) is 16.0. The van der Waals surface area contributed by atoms with Crippen molar-refractivity contribution in [2.45, 2.75) is 63.8 Å². The monoisotopic (exact) mass is 450 g/mol. The molecule has 0 unspecified atom stereocenters. The van der Waals surface area contributed by atoms with E-state index in [-0.39, 0.29) is 12.8 Å². The van der Waals surface area contributed by atoms with Crippen LogP contribution in [0.3, 0.4) is 0 Å². The minimum atomic E-state index is -2.59. The summed E-state index contributed by atoms with van der Waals surface area (Å²) in [6, 6.07) is 0. The van der Waals surface area contributed by atoms with Gasteiger partial charge in [0.2, 0.25) is 5.92 Å². The number of carbonyl (C=O) groups excluding carboxylic acids is 1. The molecule has 4 rings (SSSR count). The van der Waals surface area contributed by atoms with E-state index in [9.17, 15) is 13.6 Å². The van der Waals surface area contributed by atoms with Crippen molar-refractivity contribution >= 4 is 28.6 Å². The van der Waals surface area contributed by atoms with Crippen LogP contribution in [0.2, 0.25) is 0 Å². The standard InChI is InChI=1S/C17H21F2IN2O2/c1-15(7-17(18,19)8-15)9-22-13(14(23)24-2)11(20)12(21-22)10-5-16(6-10)3-4-16/h10H,3-9H2,1-2H3. The van der Waals surface area contributed by atoms with Gasteiger partial charge in [-0.1, -0.05) is 6.92 Å². The zero-order chi connectivity index (χ0) is 17.3. The lowest BCUT2D eigenvalue weighted by Gasteiger charge is -2.44. The maximum absolute atomic E-state index is 13.3. The van der Waals surface area contributed by atoms with Crippen LogP contribution in [-0.2, 0) is 11.3 Å². The highest BCUT2D eigenvalue weighted by atomic mass is 127. The number of halogens is 3. The summed E-state index contributed by atoms with van der Waals surface area (Å²) < 4.78 is 34.0. The second-order valence-electron chi connectivity index (χ2n) is 8.32. The topological polar surface area (TPSA) is 44.1 Å². The Morgan fingerprint density at radius 3 is 2.50 bits per heavy atom. The molecule has 0 N–H and O–H groups in total. The second kappa shape index (κ2) is 5.14. The Labute approximate surface area is 153 Å². The first kappa shape index (κ1) is 16.7. The summed E-state index contributed by atoms with van der Waals surface area (Å²) >= 11 is 2.16. The third-order valence-corrected chi connectivity index (χ3v) is 6.97. The summed E-state index contributed by atoms with van der Waals surface area (Å²) in [5.74, 6) is -2.64. The van der Waals surface area contributed by atoms with E-state index in [1.54, 1.807) is 4.68 Å². The Balaban J connectivity index is 1.61. The van der Waals surface area contributed by atoms with Crippen LogP contribution in [0.25, 0.3) is 0 Å². The number of alkyl halides is 2. The van der Waals surface area contributed by atoms with E-state index in [0.29, 0.717) is 23.6 Å². The van der Waals surface area contributed by atoms with Gasteiger partial charge in [-0.2, -0.15) is 5.10 Å². The van der Waals surface area contributed by atoms with Crippen LogP contribution in [0.5, 0.6) is 0 Å². The molecule has 0 atom stereocenters. The van der Waals surface area contributed by atoms with Gasteiger partial charge in [0.1, 0.15) is 0 Å². The maximum atomic E-state index is 13.3. The SMILES string of the molecule is COC(=O)c1c(I)c(C2CC3(CC3)C2)nn1CC1(C)CC(F)(F)C1. The molecule has 4 nitrogen and oxygen atoms in total. The van der Waals surface area contributed by atoms with Crippen molar-refractivity contribution < 1.29 is 18.3 Å². The summed E-state index contributed by atoms with van der Waals surface area (Å²) in [4.78, 5) is 12.2. The molecule has 0 radical (unpaired) electrons. The number of esters is 1. The van der Waals surface area contributed by atoms with Crippen molar-refractivity contribution in [3.05, 3.63) is 15.0 Å². The van der Waals surface area contributed by atoms with Gasteiger partial charge in [-0.25, -0.2) is 13.6 Å². The van der Waals surface area contributed by atoms with E-state index in [2.05, 4.69) is 27.7 Å². The quantitative estimate of drug-likeness (QED) is 0.506. The lowest BCUT2D eigenvalue weighted by atomic mass is 9.67. The van der Waals surface area contributed by atoms with Gasteiger partial charge < -0.3 is 4.74 Å². The van der Waals surface area contributed by atoms with Crippen LogP contribution in [0.15, 0.2) is 0 Å². The van der Waals surface area contributed by atoms with Gasteiger partial charge in [-0.15, -0.1) is 0 Å². The number of hydrogen-bond acceptors (Lipinski definition) is 3. The molecule has 1 heterocycles. The lowest BCUT2D eigenvalue weighted by molar-refractivity contribution is -0.160. The van der Waals surface area contributed by atoms with E-state index in [4.69, 9.17) is 4.74 Å². The molecule has 0 aromatic carbocycles. The predicted molar refractivity (Wildman–Crippen MR) is 92.2 cm³/mol. The summed E-state index contributed by atoms with van der Waals surface area (Å²) in [6.07, 6.45) is 4.57. The fourth-order valence-electron chi connectivity index (χ4n) is 4.56. The Morgan fingerprint density at radius 2 is 2.00 bits per heavy atom. The van der Waals surface area contributed by atoms with Gasteiger partial charge in [0.05, 0.1) is 16.4 Å². The average Bonchev–Trinajstić information content (AvgIpc) is 3.15. The zero-order valence-electron chi connectivity index (χ0n) is 13.9. The number of ether oxygens (including phenoxy) is 1. The largest absolute Gasteiger partial charge is 0.464 e. The van der Waals surface area contributed by atoms with Crippen molar-refractivity contribution in [2.75, 3.05) is 7.11 Å². The van der Waals surface area contributed by atoms with Crippen molar-refractivity contribution in [1.82, 2.24) is 9.78 Å². The molecule has 0 amide bonds. The molecule has 0 saturated heterocycles. The van der Waals surface area contributed by atoms with Gasteiger partial charge in [0, 0.05) is 25.3 Å². The molecule has 3 saturated carbocycles. The molecule has 1 aromatic heterocycles. The average molecular weight is 450 g/mol. The van der Waals surface area contributed by atoms with Crippen LogP contribution < -0.4 is 0 Å². The number of hydrogen-bond donors (Lipinski definition) is 0. The number of nitrogens with zero attached hydrogens (tertiary/aromatic N) is 2. The van der Waals surface area contributed by atoms with E-state index in [0.717, 1.165) is 22.1 Å². The van der Waals surface area contributed by atoms with Crippen molar-refractivity contribution in [1.29, 1.82) is 0 Å². The highest BCUT2D eigenvalue weighted by molar-refractivity contribution is 14.1. The van der Waals surface area contributed by atoms with Gasteiger partial charge in [-0.3, -0.25) is 4.68 Å². The Morgan fingerprint density at radius 1 is 1.38 bits per heavy atom. The van der Waals surface area contributed by atoms with Gasteiger partial charge in [0.25, 0.3) is 0 Å². The fraction of sp³-hybridized carbons (Fsp3) is 0.765. The van der Waals surface area contributed by atoms with E-state index < -0.39 is 17.3 Å². The Bertz CT molecular complexity index is 696. The predicted octanol–water partition coefficient (Wildman–Crippen LogP) is 4.37. The summed E-state index contributed by atoms with van der Waals surface area (Å²) in [7, 11) is 1.34. The van der Waals surface area contributed by atoms with Crippen molar-refractivity contribution in [3.63, 3.8) is 0 Å². The first-order chi connectivity index (χ1) is 11.2. The summed E-state index contributed by atoms with van der Waals surface area (Å²) in [5.41, 5.74) is 1.39. The fourth-order valence-corrected chi connectivity index (χ4v) is 5.61. The number of rotatable bonds is 4. The minimum absolute atomic E-state index is 0.154. The minimum Gasteiger partial charge on any atom is -0.464 e. The molecule has 3 aliphatic carbocycles. The molecule has 1 aromatic rings. The van der Waals surface area contributed by atoms with Crippen molar-refractivity contribution in [2.24, 2.45) is 10.8 Å². The van der Waals surface area contributed by atoms with Crippen molar-refractivity contribution in [3.8, 4) is 0 Å². The van der Waals surface area contributed by atoms with Crippen LogP contribution in [0.4, 0.5) is 8.78 Å². The molecular weight excluding hydrogens is 429 g/mol. The second-order valence-corrected chi connectivity index (χ2v) is 9.40. The molecule has 1 spiro atoms. The molecule has 0 bridgehead atoms. The van der Waals surface area contributed by atoms with E-state index >= 15 is 0 Å². The van der Waals surface area contributed by atoms with Crippen LogP contribution in [0.1, 0.15) is 67.5 Å². The molecular formula is C17H21F2IN2O2. The number of carbonyl (C=O) groups is 1. The molecule has 7 heteroatoms. The number of aromatic nitrogens is 2. The van der Waals surface area contributed by atoms with Gasteiger partial charge in [0.15, 0.2) is 5.69 Å². The third kappa shape index (κ3) is 2.66. The Hall–Kier alpha value is -0.730. The first-order valence-electron chi connectivity index (χ1n) is 8.38. The van der Waals surface area contributed by atoms with Gasteiger partial charge >= 0.3 is 5.97 Å². The maximum Gasteiger partial charge on any atom is 0.357 e. The van der Waals surface area contributed by atoms with Crippen LogP contribution in [0, 0.1) is 14.4 Å². The smallest absolute Gasteiger partial charge is 0.357 e. The lowest BCUT2D eigenvalue weighted by Crippen LogP contribution is -2.47. The summed E-state index contributed by atoms with van der Waals surface area (Å²) in [5, 5.41) is 4.67. The molecule has 132 valence electrons. The highest BCUT2D eigenvalue weighted by Gasteiger charge is 2.56. The molecule has 3 fully saturated rings. The van der Waals surface area contributed by atoms with E-state index in [1.165, 1.54) is 20.0 Å². The van der Waals surface area contributed by atoms with Gasteiger partial charge in [-0.05, 0) is 59.1 Å². The first-order valence-corrected chi connectivity index (χ1v) is 9.46.